The molecule has 1 amide bonds. The molecule has 6 heteroatoms. The predicted molar refractivity (Wildman–Crippen MR) is 126 cm³/mol. The maximum Gasteiger partial charge on any atom is 0.222 e. The Morgan fingerprint density at radius 2 is 1.66 bits per heavy atom. The van der Waals surface area contributed by atoms with Crippen molar-refractivity contribution in [3.63, 3.8) is 0 Å². The number of piperazine rings is 1. The highest BCUT2D eigenvalue weighted by molar-refractivity contribution is 5.76. The highest BCUT2D eigenvalue weighted by atomic mass is 19.1. The molecule has 0 spiro atoms. The van der Waals surface area contributed by atoms with Gasteiger partial charge in [0.25, 0.3) is 0 Å². The number of halogens is 1. The van der Waals surface area contributed by atoms with Gasteiger partial charge in [0.05, 0.1) is 18.2 Å². The Kier molecular flexibility index (Phi) is 7.22. The summed E-state index contributed by atoms with van der Waals surface area (Å²) >= 11 is 0. The highest BCUT2D eigenvalue weighted by Gasteiger charge is 2.20. The molecule has 0 aliphatic carbocycles. The molecule has 2 heterocycles. The van der Waals surface area contributed by atoms with Crippen LogP contribution in [0.1, 0.15) is 23.6 Å². The van der Waals surface area contributed by atoms with E-state index in [9.17, 15) is 9.18 Å². The SMILES string of the molecule is Cc1ccc(C(CC(=O)NCCN2CCN(c3ccccc3F)CC2)n2cccc2)cc1. The van der Waals surface area contributed by atoms with Crippen LogP contribution in [0.15, 0.2) is 73.1 Å². The topological polar surface area (TPSA) is 40.5 Å². The Morgan fingerprint density at radius 3 is 2.34 bits per heavy atom. The number of hydrogen-bond acceptors (Lipinski definition) is 3. The average Bonchev–Trinajstić information content (AvgIpc) is 3.34. The van der Waals surface area contributed by atoms with Gasteiger partial charge in [-0.15, -0.1) is 0 Å². The van der Waals surface area contributed by atoms with Gasteiger partial charge in [-0.3, -0.25) is 9.69 Å². The van der Waals surface area contributed by atoms with Crippen molar-refractivity contribution in [1.82, 2.24) is 14.8 Å². The number of hydrogen-bond donors (Lipinski definition) is 1. The number of anilines is 1. The fourth-order valence-corrected chi connectivity index (χ4v) is 4.26. The lowest BCUT2D eigenvalue weighted by Gasteiger charge is -2.36. The monoisotopic (exact) mass is 434 g/mol. The van der Waals surface area contributed by atoms with Gasteiger partial charge in [0.2, 0.25) is 5.91 Å². The molecule has 1 fully saturated rings. The number of nitrogens with one attached hydrogen (secondary N) is 1. The standard InChI is InChI=1S/C26H31FN4O/c1-21-8-10-22(11-9-21)25(30-13-4-5-14-30)20-26(32)28-12-15-29-16-18-31(19-17-29)24-7-3-2-6-23(24)27/h2-11,13-14,25H,12,15-20H2,1H3,(H,28,32). The average molecular weight is 435 g/mol. The first-order valence-electron chi connectivity index (χ1n) is 11.3. The minimum atomic E-state index is -0.168. The highest BCUT2D eigenvalue weighted by Crippen LogP contribution is 2.23. The first-order chi connectivity index (χ1) is 15.6. The van der Waals surface area contributed by atoms with Crippen LogP contribution in [-0.2, 0) is 4.79 Å². The predicted octanol–water partition coefficient (Wildman–Crippen LogP) is 3.85. The van der Waals surface area contributed by atoms with E-state index < -0.39 is 0 Å². The Balaban J connectivity index is 1.25. The Labute approximate surface area is 189 Å². The molecule has 3 aromatic rings. The molecule has 5 nitrogen and oxygen atoms in total. The van der Waals surface area contributed by atoms with Crippen LogP contribution in [0.2, 0.25) is 0 Å². The van der Waals surface area contributed by atoms with E-state index in [1.807, 2.05) is 36.7 Å². The normalized spacial score (nSPS) is 15.5. The van der Waals surface area contributed by atoms with Crippen molar-refractivity contribution in [3.8, 4) is 0 Å². The molecule has 1 N–H and O–H groups in total. The van der Waals surface area contributed by atoms with Crippen LogP contribution in [0.4, 0.5) is 10.1 Å². The molecule has 1 saturated heterocycles. The van der Waals surface area contributed by atoms with Gasteiger partial charge in [-0.2, -0.15) is 0 Å². The summed E-state index contributed by atoms with van der Waals surface area (Å²) in [6.45, 7) is 6.78. The van der Waals surface area contributed by atoms with Crippen molar-refractivity contribution < 1.29 is 9.18 Å². The van der Waals surface area contributed by atoms with Gasteiger partial charge in [0, 0.05) is 51.7 Å². The van der Waals surface area contributed by atoms with Gasteiger partial charge >= 0.3 is 0 Å². The second kappa shape index (κ2) is 10.5. The first-order valence-corrected chi connectivity index (χ1v) is 11.3. The molecule has 32 heavy (non-hydrogen) atoms. The van der Waals surface area contributed by atoms with E-state index in [2.05, 4.69) is 50.9 Å². The number of para-hydroxylation sites is 1. The van der Waals surface area contributed by atoms with E-state index in [1.165, 1.54) is 11.6 Å². The van der Waals surface area contributed by atoms with Crippen molar-refractivity contribution in [2.45, 2.75) is 19.4 Å². The molecular formula is C26H31FN4O. The number of carbonyl (C=O) groups excluding carboxylic acids is 1. The largest absolute Gasteiger partial charge is 0.367 e. The van der Waals surface area contributed by atoms with Crippen molar-refractivity contribution >= 4 is 11.6 Å². The quantitative estimate of drug-likeness (QED) is 0.585. The third-order valence-electron chi connectivity index (χ3n) is 6.14. The second-order valence-corrected chi connectivity index (χ2v) is 8.39. The van der Waals surface area contributed by atoms with E-state index in [0.29, 0.717) is 18.7 Å². The maximum absolute atomic E-state index is 14.0. The molecule has 1 atom stereocenters. The Hall–Kier alpha value is -3.12. The van der Waals surface area contributed by atoms with Crippen molar-refractivity contribution in [2.24, 2.45) is 0 Å². The van der Waals surface area contributed by atoms with Crippen LogP contribution < -0.4 is 10.2 Å². The minimum absolute atomic E-state index is 0.0186. The van der Waals surface area contributed by atoms with Gasteiger partial charge < -0.3 is 14.8 Å². The van der Waals surface area contributed by atoms with Gasteiger partial charge in [0.1, 0.15) is 5.82 Å². The maximum atomic E-state index is 14.0. The number of carbonyl (C=O) groups is 1. The molecule has 0 radical (unpaired) electrons. The lowest BCUT2D eigenvalue weighted by molar-refractivity contribution is -0.121. The molecule has 1 aliphatic heterocycles. The number of amides is 1. The van der Waals surface area contributed by atoms with Gasteiger partial charge in [-0.1, -0.05) is 42.0 Å². The van der Waals surface area contributed by atoms with Crippen LogP contribution in [0.3, 0.4) is 0 Å². The third-order valence-corrected chi connectivity index (χ3v) is 6.14. The third kappa shape index (κ3) is 5.56. The summed E-state index contributed by atoms with van der Waals surface area (Å²) in [5, 5.41) is 3.09. The number of aromatic nitrogens is 1. The van der Waals surface area contributed by atoms with Crippen LogP contribution in [0.5, 0.6) is 0 Å². The number of nitrogens with zero attached hydrogens (tertiary/aromatic N) is 3. The molecule has 1 aromatic heterocycles. The zero-order chi connectivity index (χ0) is 22.3. The van der Waals surface area contributed by atoms with Gasteiger partial charge in [-0.25, -0.2) is 4.39 Å². The minimum Gasteiger partial charge on any atom is -0.367 e. The van der Waals surface area contributed by atoms with Crippen molar-refractivity contribution in [3.05, 3.63) is 90.0 Å². The van der Waals surface area contributed by atoms with E-state index >= 15 is 0 Å². The summed E-state index contributed by atoms with van der Waals surface area (Å²) in [6.07, 6.45) is 4.42. The van der Waals surface area contributed by atoms with Crippen LogP contribution in [-0.4, -0.2) is 54.6 Å². The molecule has 4 rings (SSSR count). The van der Waals surface area contributed by atoms with Crippen LogP contribution >= 0.6 is 0 Å². The lowest BCUT2D eigenvalue weighted by Crippen LogP contribution is -2.48. The zero-order valence-electron chi connectivity index (χ0n) is 18.6. The summed E-state index contributed by atoms with van der Waals surface area (Å²) in [5.74, 6) is -0.117. The van der Waals surface area contributed by atoms with Crippen molar-refractivity contribution in [2.75, 3.05) is 44.2 Å². The molecule has 1 aliphatic rings. The summed E-state index contributed by atoms with van der Waals surface area (Å²) in [4.78, 5) is 17.1. The number of aryl methyl sites for hydroxylation is 1. The fourth-order valence-electron chi connectivity index (χ4n) is 4.26. The Bertz CT molecular complexity index is 995. The smallest absolute Gasteiger partial charge is 0.222 e. The van der Waals surface area contributed by atoms with Crippen LogP contribution in [0.25, 0.3) is 0 Å². The molecule has 1 unspecified atom stereocenters. The zero-order valence-corrected chi connectivity index (χ0v) is 18.6. The molecule has 2 aromatic carbocycles. The lowest BCUT2D eigenvalue weighted by atomic mass is 10.0. The van der Waals surface area contributed by atoms with Gasteiger partial charge in [0.15, 0.2) is 0 Å². The number of benzene rings is 2. The summed E-state index contributed by atoms with van der Waals surface area (Å²) in [7, 11) is 0. The summed E-state index contributed by atoms with van der Waals surface area (Å²) < 4.78 is 16.1. The van der Waals surface area contributed by atoms with Crippen molar-refractivity contribution in [1.29, 1.82) is 0 Å². The van der Waals surface area contributed by atoms with Gasteiger partial charge in [-0.05, 0) is 36.8 Å². The number of rotatable bonds is 8. The van der Waals surface area contributed by atoms with E-state index in [4.69, 9.17) is 0 Å². The fraction of sp³-hybridized carbons (Fsp3) is 0.346. The van der Waals surface area contributed by atoms with E-state index in [-0.39, 0.29) is 17.8 Å². The van der Waals surface area contributed by atoms with E-state index in [1.54, 1.807) is 6.07 Å². The van der Waals surface area contributed by atoms with E-state index in [0.717, 1.165) is 38.3 Å². The summed E-state index contributed by atoms with van der Waals surface area (Å²) in [5.41, 5.74) is 3.01. The molecule has 0 saturated carbocycles. The molecule has 0 bridgehead atoms. The Morgan fingerprint density at radius 1 is 0.969 bits per heavy atom. The first kappa shape index (κ1) is 22.1. The summed E-state index contributed by atoms with van der Waals surface area (Å²) in [6, 6.07) is 19.3. The van der Waals surface area contributed by atoms with Crippen LogP contribution in [0, 0.1) is 12.7 Å². The molecular weight excluding hydrogens is 403 g/mol. The molecule has 168 valence electrons. The second-order valence-electron chi connectivity index (χ2n) is 8.39.